The van der Waals surface area contributed by atoms with Gasteiger partial charge in [0.1, 0.15) is 12.0 Å². The van der Waals surface area contributed by atoms with Crippen LogP contribution in [0, 0.1) is 6.92 Å². The standard InChI is InChI=1S/C22H29F3N8O3S/c1-13-8-17(30-12-29-13)21(36)33-16-10-14(22(23,24)25)9-15(32-18(34)4-2-3-5-31-27)20(16)37-7-6-28-19(35)11-26/h8-10,12,31H,2-7,11,26-27H2,1H3,(H,28,35)(H,32,34)(H,33,36). The number of hydrazine groups is 1. The van der Waals surface area contributed by atoms with Crippen molar-refractivity contribution in [2.45, 2.75) is 37.3 Å². The molecule has 15 heteroatoms. The third-order valence-corrected chi connectivity index (χ3v) is 5.94. The average molecular weight is 543 g/mol. The molecule has 0 unspecified atom stereocenters. The summed E-state index contributed by atoms with van der Waals surface area (Å²) in [5.41, 5.74) is 6.81. The number of amides is 3. The van der Waals surface area contributed by atoms with Gasteiger partial charge < -0.3 is 21.7 Å². The first-order valence-corrected chi connectivity index (χ1v) is 12.2. The molecule has 0 aliphatic heterocycles. The molecular weight excluding hydrogens is 513 g/mol. The van der Waals surface area contributed by atoms with E-state index in [0.29, 0.717) is 25.1 Å². The first-order valence-electron chi connectivity index (χ1n) is 11.2. The molecule has 0 spiro atoms. The highest BCUT2D eigenvalue weighted by Crippen LogP contribution is 2.41. The second kappa shape index (κ2) is 14.5. The van der Waals surface area contributed by atoms with Crippen LogP contribution >= 0.6 is 11.8 Å². The van der Waals surface area contributed by atoms with E-state index in [2.05, 4.69) is 31.3 Å². The van der Waals surface area contributed by atoms with Crippen molar-refractivity contribution in [2.24, 2.45) is 11.6 Å². The number of rotatable bonds is 13. The highest BCUT2D eigenvalue weighted by atomic mass is 32.2. The van der Waals surface area contributed by atoms with Crippen LogP contribution in [-0.4, -0.2) is 53.1 Å². The van der Waals surface area contributed by atoms with Gasteiger partial charge in [-0.05, 0) is 38.0 Å². The van der Waals surface area contributed by atoms with Gasteiger partial charge in [-0.1, -0.05) is 0 Å². The molecule has 1 aromatic carbocycles. The molecular formula is C22H29F3N8O3S. The fourth-order valence-corrected chi connectivity index (χ4v) is 3.98. The van der Waals surface area contributed by atoms with Crippen LogP contribution in [0.5, 0.6) is 0 Å². The minimum absolute atomic E-state index is 0.0461. The van der Waals surface area contributed by atoms with E-state index in [1.165, 1.54) is 6.07 Å². The van der Waals surface area contributed by atoms with Gasteiger partial charge in [0.05, 0.1) is 28.4 Å². The fourth-order valence-electron chi connectivity index (χ4n) is 3.04. The van der Waals surface area contributed by atoms with Crippen LogP contribution in [0.15, 0.2) is 29.4 Å². The number of nitrogens with one attached hydrogen (secondary N) is 4. The number of alkyl halides is 3. The molecule has 8 N–H and O–H groups in total. The van der Waals surface area contributed by atoms with Gasteiger partial charge in [0.25, 0.3) is 5.91 Å². The van der Waals surface area contributed by atoms with E-state index >= 15 is 0 Å². The molecule has 11 nitrogen and oxygen atoms in total. The zero-order chi connectivity index (χ0) is 27.4. The normalized spacial score (nSPS) is 11.2. The van der Waals surface area contributed by atoms with E-state index in [0.717, 1.165) is 30.2 Å². The number of carbonyl (C=O) groups is 3. The third kappa shape index (κ3) is 9.95. The predicted molar refractivity (Wildman–Crippen MR) is 134 cm³/mol. The molecule has 0 aliphatic carbocycles. The lowest BCUT2D eigenvalue weighted by Gasteiger charge is -2.19. The molecule has 37 heavy (non-hydrogen) atoms. The molecule has 1 heterocycles. The maximum Gasteiger partial charge on any atom is 0.416 e. The van der Waals surface area contributed by atoms with Gasteiger partial charge >= 0.3 is 6.18 Å². The van der Waals surface area contributed by atoms with Gasteiger partial charge in [0.15, 0.2) is 0 Å². The predicted octanol–water partition coefficient (Wildman–Crippen LogP) is 1.80. The van der Waals surface area contributed by atoms with Crippen molar-refractivity contribution >= 4 is 40.9 Å². The summed E-state index contributed by atoms with van der Waals surface area (Å²) in [5.74, 6) is 3.76. The number of nitrogens with zero attached hydrogens (tertiary/aromatic N) is 2. The Labute approximate surface area is 215 Å². The number of carbonyl (C=O) groups excluding carboxylic acids is 3. The number of aromatic nitrogens is 2. The van der Waals surface area contributed by atoms with Crippen molar-refractivity contribution in [3.05, 3.63) is 41.5 Å². The van der Waals surface area contributed by atoms with Crippen LogP contribution in [0.2, 0.25) is 0 Å². The smallest absolute Gasteiger partial charge is 0.354 e. The van der Waals surface area contributed by atoms with Gasteiger partial charge in [0, 0.05) is 31.0 Å². The molecule has 3 amide bonds. The van der Waals surface area contributed by atoms with E-state index in [1.54, 1.807) is 6.92 Å². The monoisotopic (exact) mass is 542 g/mol. The molecule has 2 aromatic rings. The zero-order valence-electron chi connectivity index (χ0n) is 20.1. The van der Waals surface area contributed by atoms with E-state index in [4.69, 9.17) is 11.6 Å². The highest BCUT2D eigenvalue weighted by Gasteiger charge is 2.33. The van der Waals surface area contributed by atoms with Crippen LogP contribution in [0.1, 0.15) is 41.0 Å². The fraction of sp³-hybridized carbons (Fsp3) is 0.409. The highest BCUT2D eigenvalue weighted by molar-refractivity contribution is 7.99. The van der Waals surface area contributed by atoms with Crippen LogP contribution in [0.25, 0.3) is 0 Å². The summed E-state index contributed by atoms with van der Waals surface area (Å²) in [4.78, 5) is 44.7. The number of thioether (sulfide) groups is 1. The summed E-state index contributed by atoms with van der Waals surface area (Å²) in [6.07, 6.45) is -2.49. The molecule has 0 fully saturated rings. The maximum absolute atomic E-state index is 13.7. The van der Waals surface area contributed by atoms with E-state index in [1.807, 2.05) is 0 Å². The summed E-state index contributed by atoms with van der Waals surface area (Å²) in [6, 6.07) is 2.98. The Balaban J connectivity index is 2.41. The summed E-state index contributed by atoms with van der Waals surface area (Å²) >= 11 is 1.05. The van der Waals surface area contributed by atoms with Gasteiger partial charge in [-0.25, -0.2) is 9.97 Å². The Kier molecular flexibility index (Phi) is 11.7. The average Bonchev–Trinajstić information content (AvgIpc) is 2.84. The SMILES string of the molecule is Cc1cc(C(=O)Nc2cc(C(F)(F)F)cc(NC(=O)CCCCNN)c2SCCNC(=O)CN)ncn1. The number of nitrogens with two attached hydrogens (primary N) is 2. The molecule has 0 aliphatic rings. The molecule has 0 atom stereocenters. The quantitative estimate of drug-likeness (QED) is 0.0953. The second-order valence-corrected chi connectivity index (χ2v) is 8.86. The first-order chi connectivity index (χ1) is 17.5. The molecule has 1 aromatic heterocycles. The number of halogens is 3. The number of aryl methyl sites for hydroxylation is 1. The number of hydrogen-bond acceptors (Lipinski definition) is 9. The molecule has 0 bridgehead atoms. The summed E-state index contributed by atoms with van der Waals surface area (Å²) in [5, 5.41) is 7.56. The van der Waals surface area contributed by atoms with Crippen molar-refractivity contribution in [1.82, 2.24) is 20.7 Å². The molecule has 0 radical (unpaired) electrons. The Bertz CT molecular complexity index is 1100. The number of anilines is 2. The number of benzene rings is 1. The van der Waals surface area contributed by atoms with Gasteiger partial charge in [-0.3, -0.25) is 25.7 Å². The van der Waals surface area contributed by atoms with Gasteiger partial charge in [-0.15, -0.1) is 11.8 Å². The van der Waals surface area contributed by atoms with Gasteiger partial charge in [-0.2, -0.15) is 13.2 Å². The molecule has 0 saturated carbocycles. The van der Waals surface area contributed by atoms with Crippen molar-refractivity contribution in [2.75, 3.05) is 36.0 Å². The Morgan fingerprint density at radius 1 is 1.00 bits per heavy atom. The van der Waals surface area contributed by atoms with Crippen molar-refractivity contribution in [3.8, 4) is 0 Å². The lowest BCUT2D eigenvalue weighted by Crippen LogP contribution is -2.31. The summed E-state index contributed by atoms with van der Waals surface area (Å²) in [7, 11) is 0. The van der Waals surface area contributed by atoms with Crippen molar-refractivity contribution in [3.63, 3.8) is 0 Å². The Morgan fingerprint density at radius 3 is 2.32 bits per heavy atom. The molecule has 2 rings (SSSR count). The maximum atomic E-state index is 13.7. The van der Waals surface area contributed by atoms with Crippen LogP contribution in [-0.2, 0) is 15.8 Å². The Hall–Kier alpha value is -3.27. The second-order valence-electron chi connectivity index (χ2n) is 7.76. The Morgan fingerprint density at radius 2 is 1.70 bits per heavy atom. The topological polar surface area (TPSA) is 177 Å². The van der Waals surface area contributed by atoms with Crippen LogP contribution in [0.4, 0.5) is 24.5 Å². The van der Waals surface area contributed by atoms with Crippen molar-refractivity contribution in [1.29, 1.82) is 0 Å². The summed E-state index contributed by atoms with van der Waals surface area (Å²) in [6.45, 7) is 2.05. The summed E-state index contributed by atoms with van der Waals surface area (Å²) < 4.78 is 41.2. The minimum Gasteiger partial charge on any atom is -0.354 e. The third-order valence-electron chi connectivity index (χ3n) is 4.81. The van der Waals surface area contributed by atoms with E-state index < -0.39 is 29.5 Å². The van der Waals surface area contributed by atoms with Crippen LogP contribution in [0.3, 0.4) is 0 Å². The number of unbranched alkanes of at least 4 members (excludes halogenated alkanes) is 1. The minimum atomic E-state index is -4.75. The molecule has 202 valence electrons. The molecule has 0 saturated heterocycles. The van der Waals surface area contributed by atoms with E-state index in [9.17, 15) is 27.6 Å². The van der Waals surface area contributed by atoms with Crippen LogP contribution < -0.4 is 33.0 Å². The lowest BCUT2D eigenvalue weighted by atomic mass is 10.1. The van der Waals surface area contributed by atoms with Gasteiger partial charge in [0.2, 0.25) is 11.8 Å². The van der Waals surface area contributed by atoms with Crippen molar-refractivity contribution < 1.29 is 27.6 Å². The first kappa shape index (κ1) is 30.0. The largest absolute Gasteiger partial charge is 0.416 e. The van der Waals surface area contributed by atoms with E-state index in [-0.39, 0.29) is 47.2 Å². The zero-order valence-corrected chi connectivity index (χ0v) is 20.9. The number of hydrogen-bond donors (Lipinski definition) is 6. The lowest BCUT2D eigenvalue weighted by molar-refractivity contribution is -0.137.